The summed E-state index contributed by atoms with van der Waals surface area (Å²) in [6, 6.07) is 12.1. The molecule has 0 aliphatic rings. The van der Waals surface area contributed by atoms with E-state index in [0.717, 1.165) is 22.8 Å². The van der Waals surface area contributed by atoms with E-state index in [1.54, 1.807) is 12.5 Å². The molecule has 2 aromatic heterocycles. The summed E-state index contributed by atoms with van der Waals surface area (Å²) in [5, 5.41) is 6.87. The van der Waals surface area contributed by atoms with E-state index in [0.29, 0.717) is 5.76 Å². The molecule has 106 valence electrons. The summed E-state index contributed by atoms with van der Waals surface area (Å²) < 4.78 is 5.16. The van der Waals surface area contributed by atoms with Crippen LogP contribution in [0.3, 0.4) is 0 Å². The van der Waals surface area contributed by atoms with Gasteiger partial charge in [-0.15, -0.1) is 11.3 Å². The monoisotopic (exact) mass is 297 g/mol. The van der Waals surface area contributed by atoms with Crippen LogP contribution in [0.4, 0.5) is 5.13 Å². The van der Waals surface area contributed by atoms with Crippen LogP contribution in [0.1, 0.15) is 18.2 Å². The molecule has 3 aromatic rings. The molecule has 3 rings (SSSR count). The molecule has 0 saturated carbocycles. The molecule has 0 fully saturated rings. The zero-order valence-corrected chi connectivity index (χ0v) is 12.4. The Morgan fingerprint density at radius 2 is 2.14 bits per heavy atom. The fourth-order valence-corrected chi connectivity index (χ4v) is 2.55. The Balaban J connectivity index is 1.68. The fourth-order valence-electron chi connectivity index (χ4n) is 1.88. The van der Waals surface area contributed by atoms with Crippen LogP contribution < -0.4 is 5.43 Å². The predicted molar refractivity (Wildman–Crippen MR) is 86.9 cm³/mol. The highest BCUT2D eigenvalue weighted by molar-refractivity contribution is 7.14. The van der Waals surface area contributed by atoms with Crippen molar-refractivity contribution in [2.75, 3.05) is 5.43 Å². The van der Waals surface area contributed by atoms with Gasteiger partial charge in [0.05, 0.1) is 18.2 Å². The lowest BCUT2D eigenvalue weighted by Crippen LogP contribution is -1.89. The minimum Gasteiger partial charge on any atom is -0.463 e. The first kappa shape index (κ1) is 13.6. The van der Waals surface area contributed by atoms with Gasteiger partial charge in [-0.1, -0.05) is 31.2 Å². The van der Waals surface area contributed by atoms with Gasteiger partial charge in [-0.2, -0.15) is 5.10 Å². The lowest BCUT2D eigenvalue weighted by molar-refractivity contribution is 0.560. The van der Waals surface area contributed by atoms with Crippen molar-refractivity contribution in [2.45, 2.75) is 13.3 Å². The summed E-state index contributed by atoms with van der Waals surface area (Å²) in [7, 11) is 0. The zero-order valence-electron chi connectivity index (χ0n) is 11.6. The summed E-state index contributed by atoms with van der Waals surface area (Å²) in [5.41, 5.74) is 6.32. The lowest BCUT2D eigenvalue weighted by Gasteiger charge is -1.99. The fraction of sp³-hybridized carbons (Fsp3) is 0.125. The summed E-state index contributed by atoms with van der Waals surface area (Å²) >= 11 is 1.52. The maximum atomic E-state index is 5.16. The molecular formula is C16H15N3OS. The molecule has 2 heterocycles. The molecule has 0 unspecified atom stereocenters. The Morgan fingerprint density at radius 3 is 2.86 bits per heavy atom. The Hall–Kier alpha value is -2.40. The number of benzene rings is 1. The summed E-state index contributed by atoms with van der Waals surface area (Å²) in [5.74, 6) is 0.703. The average Bonchev–Trinajstić information content (AvgIpc) is 3.19. The second kappa shape index (κ2) is 6.37. The van der Waals surface area contributed by atoms with Crippen LogP contribution in [-0.2, 0) is 6.42 Å². The Kier molecular flexibility index (Phi) is 4.12. The third kappa shape index (κ3) is 3.38. The highest BCUT2D eigenvalue weighted by Gasteiger charge is 2.03. The molecule has 5 heteroatoms. The van der Waals surface area contributed by atoms with Crippen molar-refractivity contribution in [3.05, 3.63) is 59.4 Å². The molecule has 1 N–H and O–H groups in total. The van der Waals surface area contributed by atoms with Gasteiger partial charge >= 0.3 is 0 Å². The molecular weight excluding hydrogens is 282 g/mol. The second-order valence-electron chi connectivity index (χ2n) is 4.47. The van der Waals surface area contributed by atoms with Crippen LogP contribution in [-0.4, -0.2) is 11.2 Å². The van der Waals surface area contributed by atoms with E-state index in [1.165, 1.54) is 16.9 Å². The third-order valence-electron chi connectivity index (χ3n) is 3.06. The first-order chi connectivity index (χ1) is 10.3. The number of thiazole rings is 1. The van der Waals surface area contributed by atoms with Gasteiger partial charge in [0.1, 0.15) is 5.76 Å². The van der Waals surface area contributed by atoms with Gasteiger partial charge in [-0.25, -0.2) is 4.98 Å². The van der Waals surface area contributed by atoms with Gasteiger partial charge in [0.25, 0.3) is 0 Å². The number of aryl methyl sites for hydroxylation is 1. The first-order valence-corrected chi connectivity index (χ1v) is 7.60. The quantitative estimate of drug-likeness (QED) is 0.560. The molecule has 0 aliphatic carbocycles. The van der Waals surface area contributed by atoms with Gasteiger partial charge in [0.2, 0.25) is 5.13 Å². The smallest absolute Gasteiger partial charge is 0.203 e. The van der Waals surface area contributed by atoms with Crippen LogP contribution >= 0.6 is 11.3 Å². The van der Waals surface area contributed by atoms with Gasteiger partial charge in [0, 0.05) is 10.9 Å². The van der Waals surface area contributed by atoms with E-state index >= 15 is 0 Å². The average molecular weight is 297 g/mol. The Morgan fingerprint density at radius 1 is 1.29 bits per heavy atom. The minimum atomic E-state index is 0.703. The van der Waals surface area contributed by atoms with Crippen molar-refractivity contribution >= 4 is 22.7 Å². The third-order valence-corrected chi connectivity index (χ3v) is 3.80. The molecule has 0 atom stereocenters. The molecule has 0 spiro atoms. The van der Waals surface area contributed by atoms with Gasteiger partial charge in [-0.05, 0) is 24.1 Å². The summed E-state index contributed by atoms with van der Waals surface area (Å²) in [6.45, 7) is 2.15. The SMILES string of the molecule is CCc1ccc(-c2csc(N/N=C\c3ccco3)n2)cc1. The molecule has 0 aliphatic heterocycles. The predicted octanol–water partition coefficient (Wildman–Crippen LogP) is 4.41. The largest absolute Gasteiger partial charge is 0.463 e. The number of nitrogens with one attached hydrogen (secondary N) is 1. The van der Waals surface area contributed by atoms with E-state index < -0.39 is 0 Å². The maximum Gasteiger partial charge on any atom is 0.203 e. The van der Waals surface area contributed by atoms with Crippen LogP contribution in [0, 0.1) is 0 Å². The number of furan rings is 1. The van der Waals surface area contributed by atoms with Gasteiger partial charge < -0.3 is 4.42 Å². The zero-order chi connectivity index (χ0) is 14.5. The highest BCUT2D eigenvalue weighted by atomic mass is 32.1. The van der Waals surface area contributed by atoms with Crippen LogP contribution in [0.2, 0.25) is 0 Å². The normalized spacial score (nSPS) is 11.1. The number of aromatic nitrogens is 1. The van der Waals surface area contributed by atoms with Crippen molar-refractivity contribution in [1.29, 1.82) is 0 Å². The number of nitrogens with zero attached hydrogens (tertiary/aromatic N) is 2. The molecule has 0 bridgehead atoms. The minimum absolute atomic E-state index is 0.703. The number of rotatable bonds is 5. The van der Waals surface area contributed by atoms with E-state index in [9.17, 15) is 0 Å². The summed E-state index contributed by atoms with van der Waals surface area (Å²) in [4.78, 5) is 4.52. The van der Waals surface area contributed by atoms with Crippen LogP contribution in [0.15, 0.2) is 57.6 Å². The number of anilines is 1. The molecule has 0 saturated heterocycles. The van der Waals surface area contributed by atoms with Gasteiger partial charge in [0.15, 0.2) is 0 Å². The van der Waals surface area contributed by atoms with Crippen molar-refractivity contribution < 1.29 is 4.42 Å². The van der Waals surface area contributed by atoms with Crippen LogP contribution in [0.5, 0.6) is 0 Å². The van der Waals surface area contributed by atoms with E-state index in [4.69, 9.17) is 4.42 Å². The number of hydrogen-bond donors (Lipinski definition) is 1. The van der Waals surface area contributed by atoms with Crippen molar-refractivity contribution in [1.82, 2.24) is 4.98 Å². The van der Waals surface area contributed by atoms with Crippen LogP contribution in [0.25, 0.3) is 11.3 Å². The Labute approximate surface area is 127 Å². The lowest BCUT2D eigenvalue weighted by atomic mass is 10.1. The molecule has 0 radical (unpaired) electrons. The van der Waals surface area contributed by atoms with E-state index in [2.05, 4.69) is 46.7 Å². The molecule has 0 amide bonds. The van der Waals surface area contributed by atoms with Crippen molar-refractivity contribution in [2.24, 2.45) is 5.10 Å². The number of hydrazone groups is 1. The summed E-state index contributed by atoms with van der Waals surface area (Å²) in [6.07, 6.45) is 4.28. The van der Waals surface area contributed by atoms with Crippen molar-refractivity contribution in [3.8, 4) is 11.3 Å². The standard InChI is InChI=1S/C16H15N3OS/c1-2-12-5-7-13(8-6-12)15-11-21-16(18-15)19-17-10-14-4-3-9-20-14/h3-11H,2H2,1H3,(H,18,19)/b17-10-. The number of hydrogen-bond acceptors (Lipinski definition) is 5. The van der Waals surface area contributed by atoms with E-state index in [1.807, 2.05) is 17.5 Å². The highest BCUT2D eigenvalue weighted by Crippen LogP contribution is 2.25. The molecule has 4 nitrogen and oxygen atoms in total. The second-order valence-corrected chi connectivity index (χ2v) is 5.33. The maximum absolute atomic E-state index is 5.16. The van der Waals surface area contributed by atoms with Crippen molar-refractivity contribution in [3.63, 3.8) is 0 Å². The Bertz CT molecular complexity index is 714. The first-order valence-electron chi connectivity index (χ1n) is 6.72. The topological polar surface area (TPSA) is 50.4 Å². The molecule has 1 aromatic carbocycles. The van der Waals surface area contributed by atoms with Gasteiger partial charge in [-0.3, -0.25) is 5.43 Å². The van der Waals surface area contributed by atoms with E-state index in [-0.39, 0.29) is 0 Å². The molecule has 21 heavy (non-hydrogen) atoms.